The first kappa shape index (κ1) is 18.1. The number of nitrogens with zero attached hydrogens (tertiary/aromatic N) is 4. The Balaban J connectivity index is 1.85. The minimum atomic E-state index is -0.909. The second-order valence-electron chi connectivity index (χ2n) is 6.55. The zero-order valence-corrected chi connectivity index (χ0v) is 15.2. The van der Waals surface area contributed by atoms with Gasteiger partial charge in [-0.1, -0.05) is 6.92 Å². The van der Waals surface area contributed by atoms with Crippen LogP contribution in [-0.4, -0.2) is 38.1 Å². The highest BCUT2D eigenvalue weighted by atomic mass is 19.1. The van der Waals surface area contributed by atoms with Gasteiger partial charge in [0, 0.05) is 11.8 Å². The molecule has 2 N–H and O–H groups in total. The number of pyridine rings is 1. The smallest absolute Gasteiger partial charge is 0.260 e. The topological polar surface area (TPSA) is 93.4 Å². The second kappa shape index (κ2) is 7.02. The molecule has 1 aliphatic rings. The third-order valence-electron chi connectivity index (χ3n) is 4.60. The van der Waals surface area contributed by atoms with E-state index in [0.717, 1.165) is 6.20 Å². The molecule has 10 heteroatoms. The monoisotopic (exact) mass is 388 g/mol. The Bertz CT molecular complexity index is 1050. The van der Waals surface area contributed by atoms with E-state index in [4.69, 9.17) is 4.74 Å². The molecule has 2 atom stereocenters. The van der Waals surface area contributed by atoms with Crippen molar-refractivity contribution in [2.24, 2.45) is 0 Å². The highest BCUT2D eigenvalue weighted by Gasteiger charge is 2.25. The Morgan fingerprint density at radius 2 is 2.18 bits per heavy atom. The summed E-state index contributed by atoms with van der Waals surface area (Å²) in [5, 5.41) is 9.54. The summed E-state index contributed by atoms with van der Waals surface area (Å²) in [7, 11) is 0. The van der Waals surface area contributed by atoms with Crippen molar-refractivity contribution in [2.75, 3.05) is 11.9 Å². The lowest BCUT2D eigenvalue weighted by molar-refractivity contribution is 0.0916. The van der Waals surface area contributed by atoms with Crippen LogP contribution in [0.4, 0.5) is 14.6 Å². The number of carbonyl (C=O) groups is 1. The van der Waals surface area contributed by atoms with E-state index in [1.54, 1.807) is 13.0 Å². The Morgan fingerprint density at radius 3 is 2.96 bits per heavy atom. The predicted octanol–water partition coefficient (Wildman–Crippen LogP) is 2.48. The van der Waals surface area contributed by atoms with Crippen LogP contribution in [0.25, 0.3) is 5.65 Å². The van der Waals surface area contributed by atoms with Crippen molar-refractivity contribution in [3.05, 3.63) is 47.4 Å². The van der Waals surface area contributed by atoms with Crippen LogP contribution < -0.4 is 15.4 Å². The maximum atomic E-state index is 14.3. The number of anilines is 1. The maximum absolute atomic E-state index is 14.3. The van der Waals surface area contributed by atoms with Crippen molar-refractivity contribution in [1.82, 2.24) is 24.9 Å². The van der Waals surface area contributed by atoms with E-state index < -0.39 is 29.8 Å². The minimum absolute atomic E-state index is 0.0832. The molecular formula is C18H18F2N6O2. The van der Waals surface area contributed by atoms with Crippen LogP contribution in [0.15, 0.2) is 24.5 Å². The molecule has 1 aliphatic heterocycles. The summed E-state index contributed by atoms with van der Waals surface area (Å²) in [4.78, 5) is 21.0. The molecule has 2 bridgehead atoms. The van der Waals surface area contributed by atoms with Gasteiger partial charge in [-0.25, -0.2) is 18.9 Å². The number of halogens is 2. The molecule has 0 aliphatic carbocycles. The van der Waals surface area contributed by atoms with Gasteiger partial charge in [0.2, 0.25) is 11.8 Å². The number of nitrogens with one attached hydrogen (secondary N) is 2. The van der Waals surface area contributed by atoms with Gasteiger partial charge < -0.3 is 15.4 Å². The molecule has 0 fully saturated rings. The van der Waals surface area contributed by atoms with Crippen LogP contribution in [0.5, 0.6) is 5.88 Å². The average Bonchev–Trinajstić information content (AvgIpc) is 3.00. The summed E-state index contributed by atoms with van der Waals surface area (Å²) in [6, 6.07) is 2.10. The Morgan fingerprint density at radius 1 is 1.36 bits per heavy atom. The lowest BCUT2D eigenvalue weighted by Crippen LogP contribution is -2.39. The number of hydrogen-bond donors (Lipinski definition) is 2. The molecule has 28 heavy (non-hydrogen) atoms. The van der Waals surface area contributed by atoms with E-state index in [1.807, 2.05) is 6.92 Å². The second-order valence-corrected chi connectivity index (χ2v) is 6.55. The van der Waals surface area contributed by atoms with Gasteiger partial charge in [0.05, 0.1) is 18.3 Å². The number of amides is 1. The minimum Gasteiger partial charge on any atom is -0.475 e. The van der Waals surface area contributed by atoms with Crippen molar-refractivity contribution in [3.8, 4) is 5.88 Å². The molecule has 0 unspecified atom stereocenters. The Labute approximate surface area is 158 Å². The fourth-order valence-corrected chi connectivity index (χ4v) is 3.05. The van der Waals surface area contributed by atoms with Crippen molar-refractivity contribution < 1.29 is 18.3 Å². The largest absolute Gasteiger partial charge is 0.475 e. The van der Waals surface area contributed by atoms with Crippen LogP contribution in [-0.2, 0) is 0 Å². The normalized spacial score (nSPS) is 19.6. The quantitative estimate of drug-likeness (QED) is 0.665. The number of hydrogen-bond acceptors (Lipinski definition) is 6. The fourth-order valence-electron chi connectivity index (χ4n) is 3.05. The van der Waals surface area contributed by atoms with Crippen LogP contribution in [0, 0.1) is 11.8 Å². The van der Waals surface area contributed by atoms with Crippen LogP contribution in [0.1, 0.15) is 42.2 Å². The van der Waals surface area contributed by atoms with Crippen LogP contribution in [0.3, 0.4) is 0 Å². The number of fused-ring (bicyclic) bond motifs is 2. The molecule has 8 nitrogen and oxygen atoms in total. The zero-order valence-electron chi connectivity index (χ0n) is 15.2. The third kappa shape index (κ3) is 3.21. The van der Waals surface area contributed by atoms with E-state index >= 15 is 0 Å². The number of ether oxygens (including phenoxy) is 1. The molecule has 146 valence electrons. The summed E-state index contributed by atoms with van der Waals surface area (Å²) in [6.07, 6.45) is 3.10. The van der Waals surface area contributed by atoms with Gasteiger partial charge in [0.1, 0.15) is 23.8 Å². The van der Waals surface area contributed by atoms with Crippen molar-refractivity contribution in [2.45, 2.75) is 32.4 Å². The first-order valence-electron chi connectivity index (χ1n) is 8.86. The first-order chi connectivity index (χ1) is 13.5. The summed E-state index contributed by atoms with van der Waals surface area (Å²) in [5.74, 6) is -1.41. The van der Waals surface area contributed by atoms with Crippen molar-refractivity contribution in [3.63, 3.8) is 0 Å². The maximum Gasteiger partial charge on any atom is 0.260 e. The van der Waals surface area contributed by atoms with E-state index in [0.29, 0.717) is 17.8 Å². The fraction of sp³-hybridized carbons (Fsp3) is 0.333. The predicted molar refractivity (Wildman–Crippen MR) is 96.2 cm³/mol. The summed E-state index contributed by atoms with van der Waals surface area (Å²) in [6.45, 7) is 3.75. The Hall–Kier alpha value is -3.30. The highest BCUT2D eigenvalue weighted by Crippen LogP contribution is 2.27. The molecule has 3 aromatic rings. The van der Waals surface area contributed by atoms with E-state index in [-0.39, 0.29) is 23.7 Å². The van der Waals surface area contributed by atoms with Crippen LogP contribution in [0.2, 0.25) is 0 Å². The molecule has 4 rings (SSSR count). The van der Waals surface area contributed by atoms with Crippen molar-refractivity contribution in [1.29, 1.82) is 0 Å². The molecule has 0 aromatic carbocycles. The highest BCUT2D eigenvalue weighted by molar-refractivity contribution is 6.00. The van der Waals surface area contributed by atoms with Gasteiger partial charge in [-0.05, 0) is 25.5 Å². The summed E-state index contributed by atoms with van der Waals surface area (Å²) < 4.78 is 35.1. The van der Waals surface area contributed by atoms with Crippen LogP contribution >= 0.6 is 0 Å². The third-order valence-corrected chi connectivity index (χ3v) is 4.60. The number of rotatable bonds is 1. The Kier molecular flexibility index (Phi) is 4.54. The molecule has 0 saturated carbocycles. The van der Waals surface area contributed by atoms with E-state index in [9.17, 15) is 13.6 Å². The molecule has 1 amide bonds. The average molecular weight is 388 g/mol. The van der Waals surface area contributed by atoms with E-state index in [2.05, 4.69) is 25.7 Å². The molecular weight excluding hydrogens is 370 g/mol. The number of aromatic nitrogens is 4. The number of carbonyl (C=O) groups excluding carboxylic acids is 1. The van der Waals surface area contributed by atoms with Gasteiger partial charge in [0.25, 0.3) is 5.91 Å². The molecule has 0 saturated heterocycles. The lowest BCUT2D eigenvalue weighted by Gasteiger charge is -2.20. The molecule has 0 radical (unpaired) electrons. The summed E-state index contributed by atoms with van der Waals surface area (Å²) in [5.41, 5.74) is 0.345. The molecule has 3 aromatic heterocycles. The van der Waals surface area contributed by atoms with Gasteiger partial charge >= 0.3 is 0 Å². The van der Waals surface area contributed by atoms with Gasteiger partial charge in [-0.2, -0.15) is 4.39 Å². The standard InChI is InChI=1S/C18H18F2N6O2/c1-3-11-8-28-18-12(6-10(19)7-21-18)9(2)22-13-4-5-26-16(24-13)14(15(20)25-26)17(27)23-11/h4-7,9,11H,3,8H2,1-2H3,(H,22,24)(H,23,27)/t9-,11-/m1/s1. The van der Waals surface area contributed by atoms with Gasteiger partial charge in [-0.15, -0.1) is 5.10 Å². The molecule has 4 heterocycles. The lowest BCUT2D eigenvalue weighted by atomic mass is 10.1. The summed E-state index contributed by atoms with van der Waals surface area (Å²) >= 11 is 0. The SMILES string of the molecule is CC[C@@H]1COc2ncc(F)cc2[C@@H](C)Nc2ccn3nc(F)c(c3n2)C(=O)N1. The van der Waals surface area contributed by atoms with E-state index in [1.165, 1.54) is 16.8 Å². The van der Waals surface area contributed by atoms with Gasteiger partial charge in [-0.3, -0.25) is 4.79 Å². The molecule has 0 spiro atoms. The van der Waals surface area contributed by atoms with Gasteiger partial charge in [0.15, 0.2) is 5.65 Å². The first-order valence-corrected chi connectivity index (χ1v) is 8.86. The zero-order chi connectivity index (χ0) is 19.8. The van der Waals surface area contributed by atoms with Crippen molar-refractivity contribution >= 4 is 17.4 Å².